The smallest absolute Gasteiger partial charge is 0.0529 e. The predicted octanol–water partition coefficient (Wildman–Crippen LogP) is 6.11. The van der Waals surface area contributed by atoms with Gasteiger partial charge in [0.15, 0.2) is 0 Å². The van der Waals surface area contributed by atoms with E-state index in [9.17, 15) is 0 Å². The zero-order valence-corrected chi connectivity index (χ0v) is 16.9. The van der Waals surface area contributed by atoms with Gasteiger partial charge >= 0.3 is 0 Å². The monoisotopic (exact) mass is 366 g/mol. The molecule has 0 saturated heterocycles. The molecule has 0 unspecified atom stereocenters. The van der Waals surface area contributed by atoms with E-state index in [0.29, 0.717) is 0 Å². The van der Waals surface area contributed by atoms with Gasteiger partial charge in [-0.15, -0.1) is 0 Å². The third-order valence-electron chi connectivity index (χ3n) is 6.06. The Morgan fingerprint density at radius 1 is 0.964 bits per heavy atom. The lowest BCUT2D eigenvalue weighted by Crippen LogP contribution is -2.26. The van der Waals surface area contributed by atoms with Gasteiger partial charge in [-0.05, 0) is 66.6 Å². The first-order valence-corrected chi connectivity index (χ1v) is 10.1. The van der Waals surface area contributed by atoms with Gasteiger partial charge in [0.2, 0.25) is 0 Å². The lowest BCUT2D eigenvalue weighted by atomic mass is 10.0. The second-order valence-electron chi connectivity index (χ2n) is 8.18. The molecule has 4 aromatic rings. The van der Waals surface area contributed by atoms with Crippen LogP contribution in [0, 0.1) is 6.92 Å². The Hall–Kier alpha value is -2.84. The molecule has 0 aliphatic carbocycles. The lowest BCUT2D eigenvalue weighted by Gasteiger charge is -2.23. The number of aromatic nitrogens is 1. The number of likely N-dealkylation sites (N-methyl/N-ethyl adjacent to an activating group) is 1. The van der Waals surface area contributed by atoms with Crippen LogP contribution in [0.2, 0.25) is 0 Å². The fourth-order valence-electron chi connectivity index (χ4n) is 4.49. The Morgan fingerprint density at radius 2 is 1.79 bits per heavy atom. The molecule has 0 atom stereocenters. The van der Waals surface area contributed by atoms with E-state index >= 15 is 0 Å². The van der Waals surface area contributed by atoms with Crippen LogP contribution in [0.3, 0.4) is 0 Å². The fraction of sp³-hybridized carbons (Fsp3) is 0.231. The maximum Gasteiger partial charge on any atom is 0.0529 e. The molecular weight excluding hydrogens is 340 g/mol. The third-order valence-corrected chi connectivity index (χ3v) is 6.06. The van der Waals surface area contributed by atoms with Crippen LogP contribution in [0.25, 0.3) is 33.4 Å². The van der Waals surface area contributed by atoms with Crippen molar-refractivity contribution in [2.24, 2.45) is 0 Å². The van der Waals surface area contributed by atoms with Crippen LogP contribution in [0.15, 0.2) is 60.7 Å². The maximum absolute atomic E-state index is 2.45. The molecule has 1 aliphatic rings. The fourth-order valence-corrected chi connectivity index (χ4v) is 4.49. The average molecular weight is 367 g/mol. The summed E-state index contributed by atoms with van der Waals surface area (Å²) in [6.07, 6.45) is 3.44. The zero-order valence-electron chi connectivity index (χ0n) is 16.9. The molecule has 1 aliphatic heterocycles. The Morgan fingerprint density at radius 3 is 2.64 bits per heavy atom. The topological polar surface area (TPSA) is 8.17 Å². The number of nitrogens with zero attached hydrogens (tertiary/aromatic N) is 2. The quantitative estimate of drug-likeness (QED) is 0.415. The molecular formula is C26H26N2. The molecule has 3 aromatic carbocycles. The first kappa shape index (κ1) is 17.3. The molecule has 5 rings (SSSR count). The molecule has 0 bridgehead atoms. The van der Waals surface area contributed by atoms with Crippen LogP contribution in [-0.2, 0) is 13.0 Å². The van der Waals surface area contributed by atoms with E-state index in [4.69, 9.17) is 0 Å². The van der Waals surface area contributed by atoms with E-state index in [1.54, 1.807) is 0 Å². The second kappa shape index (κ2) is 6.65. The summed E-state index contributed by atoms with van der Waals surface area (Å²) in [6.45, 7) is 6.56. The summed E-state index contributed by atoms with van der Waals surface area (Å²) in [5.41, 5.74) is 8.20. The van der Waals surface area contributed by atoms with Crippen molar-refractivity contribution in [2.45, 2.75) is 26.8 Å². The maximum atomic E-state index is 2.45. The van der Waals surface area contributed by atoms with Crippen LogP contribution in [0.4, 0.5) is 0 Å². The summed E-state index contributed by atoms with van der Waals surface area (Å²) in [6, 6.07) is 22.2. The molecule has 0 radical (unpaired) electrons. The first-order chi connectivity index (χ1) is 13.6. The van der Waals surface area contributed by atoms with Crippen LogP contribution >= 0.6 is 0 Å². The average Bonchev–Trinajstić information content (AvgIpc) is 2.99. The van der Waals surface area contributed by atoms with Gasteiger partial charge in [0.05, 0.1) is 5.52 Å². The first-order valence-electron chi connectivity index (χ1n) is 10.1. The minimum absolute atomic E-state index is 1.03. The molecule has 2 heteroatoms. The highest BCUT2D eigenvalue weighted by Crippen LogP contribution is 2.33. The van der Waals surface area contributed by atoms with Crippen LogP contribution < -0.4 is 0 Å². The van der Waals surface area contributed by atoms with Crippen molar-refractivity contribution in [3.8, 4) is 0 Å². The Kier molecular flexibility index (Phi) is 4.10. The molecule has 0 saturated carbocycles. The highest BCUT2D eigenvalue weighted by molar-refractivity contribution is 5.92. The molecule has 2 nitrogen and oxygen atoms in total. The van der Waals surface area contributed by atoms with Gasteiger partial charge in [-0.1, -0.05) is 48.0 Å². The molecule has 0 fully saturated rings. The summed E-state index contributed by atoms with van der Waals surface area (Å²) in [5.74, 6) is 0. The standard InChI is InChI=1S/C26H26N2/c1-18-8-11-25-23(14-18)24-17-27(3)13-12-26(24)28(25)16-19(2)21-10-9-20-6-4-5-7-22(20)15-21/h4-11,14-16H,12-13,17H2,1-3H3/b19-16+. The molecule has 0 spiro atoms. The minimum atomic E-state index is 1.03. The number of fused-ring (bicyclic) bond motifs is 4. The van der Waals surface area contributed by atoms with Gasteiger partial charge in [-0.2, -0.15) is 0 Å². The van der Waals surface area contributed by atoms with E-state index in [1.165, 1.54) is 49.6 Å². The Labute approximate surface area is 166 Å². The summed E-state index contributed by atoms with van der Waals surface area (Å²) in [7, 11) is 2.22. The number of allylic oxidation sites excluding steroid dienone is 1. The van der Waals surface area contributed by atoms with Crippen LogP contribution in [0.1, 0.15) is 29.3 Å². The van der Waals surface area contributed by atoms with Crippen molar-refractivity contribution in [1.82, 2.24) is 9.47 Å². The van der Waals surface area contributed by atoms with E-state index in [2.05, 4.69) is 97.2 Å². The number of hydrogen-bond acceptors (Lipinski definition) is 1. The van der Waals surface area contributed by atoms with Gasteiger partial charge in [0.1, 0.15) is 0 Å². The lowest BCUT2D eigenvalue weighted by molar-refractivity contribution is 0.312. The van der Waals surface area contributed by atoms with Crippen molar-refractivity contribution in [1.29, 1.82) is 0 Å². The normalized spacial score (nSPS) is 15.3. The zero-order chi connectivity index (χ0) is 19.3. The number of rotatable bonds is 2. The number of benzene rings is 3. The van der Waals surface area contributed by atoms with Crippen molar-refractivity contribution < 1.29 is 0 Å². The van der Waals surface area contributed by atoms with Crippen molar-refractivity contribution in [3.05, 3.63) is 83.0 Å². The molecule has 0 N–H and O–H groups in total. The Balaban J connectivity index is 1.67. The third kappa shape index (κ3) is 2.85. The van der Waals surface area contributed by atoms with Gasteiger partial charge < -0.3 is 9.47 Å². The van der Waals surface area contributed by atoms with Gasteiger partial charge in [0, 0.05) is 36.8 Å². The van der Waals surface area contributed by atoms with Gasteiger partial charge in [-0.25, -0.2) is 0 Å². The van der Waals surface area contributed by atoms with E-state index in [-0.39, 0.29) is 0 Å². The van der Waals surface area contributed by atoms with E-state index in [0.717, 1.165) is 19.5 Å². The number of hydrogen-bond donors (Lipinski definition) is 0. The number of aryl methyl sites for hydroxylation is 1. The predicted molar refractivity (Wildman–Crippen MR) is 121 cm³/mol. The second-order valence-corrected chi connectivity index (χ2v) is 8.18. The van der Waals surface area contributed by atoms with Crippen LogP contribution in [-0.4, -0.2) is 23.1 Å². The highest BCUT2D eigenvalue weighted by Gasteiger charge is 2.21. The molecule has 1 aromatic heterocycles. The molecule has 28 heavy (non-hydrogen) atoms. The van der Waals surface area contributed by atoms with Gasteiger partial charge in [-0.3, -0.25) is 0 Å². The molecule has 2 heterocycles. The van der Waals surface area contributed by atoms with Crippen molar-refractivity contribution in [2.75, 3.05) is 13.6 Å². The largest absolute Gasteiger partial charge is 0.320 e. The molecule has 0 amide bonds. The van der Waals surface area contributed by atoms with E-state index < -0.39 is 0 Å². The SMILES string of the molecule is C/C(=C\n1c2c(c3cc(C)ccc31)CN(C)CC2)c1ccc2ccccc2c1. The minimum Gasteiger partial charge on any atom is -0.320 e. The van der Waals surface area contributed by atoms with Crippen molar-refractivity contribution in [3.63, 3.8) is 0 Å². The summed E-state index contributed by atoms with van der Waals surface area (Å²) in [4.78, 5) is 2.42. The van der Waals surface area contributed by atoms with Crippen molar-refractivity contribution >= 4 is 33.4 Å². The Bertz CT molecular complexity index is 1230. The van der Waals surface area contributed by atoms with E-state index in [1.807, 2.05) is 0 Å². The summed E-state index contributed by atoms with van der Waals surface area (Å²) >= 11 is 0. The molecule has 140 valence electrons. The van der Waals surface area contributed by atoms with Crippen LogP contribution in [0.5, 0.6) is 0 Å². The summed E-state index contributed by atoms with van der Waals surface area (Å²) < 4.78 is 2.45. The summed E-state index contributed by atoms with van der Waals surface area (Å²) in [5, 5.41) is 4.00. The highest BCUT2D eigenvalue weighted by atomic mass is 15.1. The van der Waals surface area contributed by atoms with Gasteiger partial charge in [0.25, 0.3) is 0 Å².